The molecule has 4 heterocycles. The summed E-state index contributed by atoms with van der Waals surface area (Å²) in [6.07, 6.45) is 8.92. The lowest BCUT2D eigenvalue weighted by molar-refractivity contribution is -0.108. The number of likely N-dealkylation sites (N-methyl/N-ethyl adjacent to an activating group) is 1. The average Bonchev–Trinajstić information content (AvgIpc) is 3.11. The van der Waals surface area contributed by atoms with E-state index >= 15 is 0 Å². The number of piperidine rings is 2. The molecule has 0 spiro atoms. The molecule has 2 saturated heterocycles. The predicted molar refractivity (Wildman–Crippen MR) is 97.3 cm³/mol. The fraction of sp³-hybridized carbons (Fsp3) is 0.632. The van der Waals surface area contributed by atoms with E-state index in [4.69, 9.17) is 4.52 Å². The molecule has 0 unspecified atom stereocenters. The third-order valence-electron chi connectivity index (χ3n) is 5.64. The van der Waals surface area contributed by atoms with Crippen molar-refractivity contribution in [1.82, 2.24) is 24.9 Å². The fourth-order valence-electron chi connectivity index (χ4n) is 4.50. The summed E-state index contributed by atoms with van der Waals surface area (Å²) in [5, 5.41) is 15.4. The van der Waals surface area contributed by atoms with Crippen molar-refractivity contribution in [2.75, 3.05) is 26.7 Å². The topological polar surface area (TPSA) is 78.5 Å². The first kappa shape index (κ1) is 17.6. The summed E-state index contributed by atoms with van der Waals surface area (Å²) in [6.45, 7) is 3.40. The Bertz CT molecular complexity index is 720. The number of pyridine rings is 1. The fourth-order valence-corrected chi connectivity index (χ4v) is 4.50. The molecule has 2 aliphatic rings. The van der Waals surface area contributed by atoms with Crippen LogP contribution in [0, 0.1) is 0 Å². The molecule has 0 saturated carbocycles. The Labute approximate surface area is 154 Å². The van der Waals surface area contributed by atoms with Crippen molar-refractivity contribution >= 4 is 0 Å². The highest BCUT2D eigenvalue weighted by atomic mass is 16.5. The van der Waals surface area contributed by atoms with E-state index in [-0.39, 0.29) is 6.04 Å². The Morgan fingerprint density at radius 3 is 2.92 bits per heavy atom. The van der Waals surface area contributed by atoms with Crippen LogP contribution in [-0.4, -0.2) is 68.4 Å². The smallest absolute Gasteiger partial charge is 0.241 e. The second kappa shape index (κ2) is 7.42. The SMILES string of the molecule is CN(Cc1nc(-c2ccncc2)no1)C[C@]1(O)CCCN2CCCC[C@@H]21. The highest BCUT2D eigenvalue weighted by Crippen LogP contribution is 2.34. The van der Waals surface area contributed by atoms with Gasteiger partial charge in [-0.1, -0.05) is 11.6 Å². The molecule has 0 radical (unpaired) electrons. The van der Waals surface area contributed by atoms with Gasteiger partial charge in [-0.05, 0) is 58.0 Å². The third-order valence-corrected chi connectivity index (χ3v) is 5.64. The van der Waals surface area contributed by atoms with Crippen molar-refractivity contribution in [2.45, 2.75) is 50.3 Å². The van der Waals surface area contributed by atoms with Gasteiger partial charge >= 0.3 is 0 Å². The van der Waals surface area contributed by atoms with Crippen molar-refractivity contribution in [3.05, 3.63) is 30.4 Å². The average molecular weight is 357 g/mol. The molecule has 4 rings (SSSR count). The molecule has 2 fully saturated rings. The first-order valence-corrected chi connectivity index (χ1v) is 9.52. The van der Waals surface area contributed by atoms with Crippen molar-refractivity contribution in [3.8, 4) is 11.4 Å². The Morgan fingerprint density at radius 2 is 2.08 bits per heavy atom. The lowest BCUT2D eigenvalue weighted by Gasteiger charge is -2.50. The maximum atomic E-state index is 11.3. The molecule has 140 valence electrons. The van der Waals surface area contributed by atoms with Gasteiger partial charge in [0.15, 0.2) is 0 Å². The number of hydrogen-bond donors (Lipinski definition) is 1. The van der Waals surface area contributed by atoms with Crippen LogP contribution in [0.4, 0.5) is 0 Å². The van der Waals surface area contributed by atoms with Gasteiger partial charge in [0, 0.05) is 30.5 Å². The summed E-state index contributed by atoms with van der Waals surface area (Å²) >= 11 is 0. The lowest BCUT2D eigenvalue weighted by Crippen LogP contribution is -2.62. The molecule has 26 heavy (non-hydrogen) atoms. The van der Waals surface area contributed by atoms with Gasteiger partial charge in [-0.15, -0.1) is 0 Å². The van der Waals surface area contributed by atoms with E-state index in [0.29, 0.717) is 24.8 Å². The lowest BCUT2D eigenvalue weighted by atomic mass is 9.79. The second-order valence-electron chi connectivity index (χ2n) is 7.67. The summed E-state index contributed by atoms with van der Waals surface area (Å²) in [4.78, 5) is 13.1. The first-order chi connectivity index (χ1) is 12.6. The molecule has 0 amide bonds. The summed E-state index contributed by atoms with van der Waals surface area (Å²) < 4.78 is 5.40. The second-order valence-corrected chi connectivity index (χ2v) is 7.67. The van der Waals surface area contributed by atoms with E-state index in [2.05, 4.69) is 24.9 Å². The highest BCUT2D eigenvalue weighted by Gasteiger charge is 2.44. The Morgan fingerprint density at radius 1 is 1.27 bits per heavy atom. The molecule has 0 aliphatic carbocycles. The van der Waals surface area contributed by atoms with Gasteiger partial charge in [-0.25, -0.2) is 0 Å². The van der Waals surface area contributed by atoms with Crippen molar-refractivity contribution < 1.29 is 9.63 Å². The van der Waals surface area contributed by atoms with Gasteiger partial charge in [0.1, 0.15) is 0 Å². The Kier molecular flexibility index (Phi) is 5.02. The van der Waals surface area contributed by atoms with Crippen LogP contribution in [-0.2, 0) is 6.54 Å². The van der Waals surface area contributed by atoms with E-state index in [1.165, 1.54) is 12.8 Å². The molecule has 1 N–H and O–H groups in total. The molecular weight excluding hydrogens is 330 g/mol. The van der Waals surface area contributed by atoms with E-state index in [0.717, 1.165) is 37.9 Å². The summed E-state index contributed by atoms with van der Waals surface area (Å²) in [7, 11) is 2.01. The number of aromatic nitrogens is 3. The molecule has 2 atom stereocenters. The molecule has 2 aromatic heterocycles. The van der Waals surface area contributed by atoms with Crippen LogP contribution in [0.15, 0.2) is 29.0 Å². The summed E-state index contributed by atoms with van der Waals surface area (Å²) in [5.74, 6) is 1.14. The molecule has 7 heteroatoms. The number of nitrogens with zero attached hydrogens (tertiary/aromatic N) is 5. The zero-order valence-electron chi connectivity index (χ0n) is 15.3. The van der Waals surface area contributed by atoms with E-state index in [9.17, 15) is 5.11 Å². The van der Waals surface area contributed by atoms with E-state index in [1.807, 2.05) is 19.2 Å². The van der Waals surface area contributed by atoms with Crippen LogP contribution < -0.4 is 0 Å². The molecule has 0 aromatic carbocycles. The van der Waals surface area contributed by atoms with Gasteiger partial charge in [-0.3, -0.25) is 14.8 Å². The van der Waals surface area contributed by atoms with Crippen LogP contribution >= 0.6 is 0 Å². The number of fused-ring (bicyclic) bond motifs is 1. The largest absolute Gasteiger partial charge is 0.387 e. The number of rotatable bonds is 5. The normalized spacial score (nSPS) is 26.8. The van der Waals surface area contributed by atoms with Gasteiger partial charge in [-0.2, -0.15) is 4.98 Å². The van der Waals surface area contributed by atoms with Crippen molar-refractivity contribution in [2.24, 2.45) is 0 Å². The molecule has 0 bridgehead atoms. The first-order valence-electron chi connectivity index (χ1n) is 9.52. The maximum absolute atomic E-state index is 11.3. The zero-order valence-corrected chi connectivity index (χ0v) is 15.3. The van der Waals surface area contributed by atoms with Gasteiger partial charge in [0.2, 0.25) is 11.7 Å². The van der Waals surface area contributed by atoms with Crippen molar-refractivity contribution in [1.29, 1.82) is 0 Å². The van der Waals surface area contributed by atoms with Crippen LogP contribution in [0.25, 0.3) is 11.4 Å². The molecule has 2 aromatic rings. The highest BCUT2D eigenvalue weighted by molar-refractivity contribution is 5.52. The maximum Gasteiger partial charge on any atom is 0.241 e. The minimum Gasteiger partial charge on any atom is -0.387 e. The van der Waals surface area contributed by atoms with Gasteiger partial charge < -0.3 is 9.63 Å². The Hall–Kier alpha value is -1.83. The number of aliphatic hydroxyl groups is 1. The third kappa shape index (κ3) is 3.65. The van der Waals surface area contributed by atoms with Crippen molar-refractivity contribution in [3.63, 3.8) is 0 Å². The standard InChI is InChI=1S/C19H27N5O2/c1-23(13-17-21-18(22-26-17)15-6-9-20-10-7-15)14-19(25)8-4-12-24-11-3-2-5-16(19)24/h6-7,9-10,16,25H,2-5,8,11-14H2,1H3/t16-,19-/m1/s1. The van der Waals surface area contributed by atoms with Crippen LogP contribution in [0.3, 0.4) is 0 Å². The summed E-state index contributed by atoms with van der Waals surface area (Å²) in [5.41, 5.74) is 0.239. The molecule has 7 nitrogen and oxygen atoms in total. The van der Waals surface area contributed by atoms with Gasteiger partial charge in [0.05, 0.1) is 12.1 Å². The predicted octanol–water partition coefficient (Wildman–Crippen LogP) is 1.94. The minimum atomic E-state index is -0.651. The monoisotopic (exact) mass is 357 g/mol. The van der Waals surface area contributed by atoms with E-state index < -0.39 is 5.60 Å². The number of hydrogen-bond acceptors (Lipinski definition) is 7. The van der Waals surface area contributed by atoms with Gasteiger partial charge in [0.25, 0.3) is 0 Å². The quantitative estimate of drug-likeness (QED) is 0.876. The van der Waals surface area contributed by atoms with Crippen LogP contribution in [0.5, 0.6) is 0 Å². The Balaban J connectivity index is 1.40. The van der Waals surface area contributed by atoms with Crippen LogP contribution in [0.1, 0.15) is 38.0 Å². The van der Waals surface area contributed by atoms with E-state index in [1.54, 1.807) is 12.4 Å². The zero-order chi connectivity index (χ0) is 18.0. The summed E-state index contributed by atoms with van der Waals surface area (Å²) in [6, 6.07) is 4.00. The minimum absolute atomic E-state index is 0.280. The molecule has 2 aliphatic heterocycles. The molecular formula is C19H27N5O2. The van der Waals surface area contributed by atoms with Crippen LogP contribution in [0.2, 0.25) is 0 Å².